The first-order valence-corrected chi connectivity index (χ1v) is 7.31. The van der Waals surface area contributed by atoms with Crippen molar-refractivity contribution in [3.05, 3.63) is 42.1 Å². The second-order valence-corrected chi connectivity index (χ2v) is 5.24. The summed E-state index contributed by atoms with van der Waals surface area (Å²) < 4.78 is 4.79. The van der Waals surface area contributed by atoms with Crippen LogP contribution in [0.2, 0.25) is 0 Å². The number of carbonyl (C=O) groups is 2. The molecule has 0 aliphatic carbocycles. The molecule has 0 saturated heterocycles. The molecule has 0 aliphatic heterocycles. The van der Waals surface area contributed by atoms with E-state index < -0.39 is 12.0 Å². The van der Waals surface area contributed by atoms with Crippen LogP contribution in [-0.4, -0.2) is 30.0 Å². The van der Waals surface area contributed by atoms with Gasteiger partial charge in [-0.2, -0.15) is 0 Å². The van der Waals surface area contributed by atoms with Crippen LogP contribution in [0.25, 0.3) is 10.9 Å². The minimum atomic E-state index is -0.665. The first kappa shape index (κ1) is 15.9. The van der Waals surface area contributed by atoms with Gasteiger partial charge < -0.3 is 10.1 Å². The number of rotatable bonds is 5. The van der Waals surface area contributed by atoms with E-state index in [-0.39, 0.29) is 11.8 Å². The minimum Gasteiger partial charge on any atom is -0.467 e. The Hall–Kier alpha value is -2.43. The quantitative estimate of drug-likeness (QED) is 0.862. The number of hydrogen-bond acceptors (Lipinski definition) is 4. The van der Waals surface area contributed by atoms with E-state index in [0.29, 0.717) is 11.1 Å². The predicted molar refractivity (Wildman–Crippen MR) is 84.5 cm³/mol. The van der Waals surface area contributed by atoms with Crippen LogP contribution in [-0.2, 0) is 9.53 Å². The van der Waals surface area contributed by atoms with Crippen molar-refractivity contribution >= 4 is 22.8 Å². The van der Waals surface area contributed by atoms with E-state index in [1.54, 1.807) is 18.3 Å². The molecule has 1 aromatic heterocycles. The van der Waals surface area contributed by atoms with Gasteiger partial charge in [0.15, 0.2) is 0 Å². The molecule has 5 heteroatoms. The lowest BCUT2D eigenvalue weighted by molar-refractivity contribution is -0.144. The first-order chi connectivity index (χ1) is 10.6. The summed E-state index contributed by atoms with van der Waals surface area (Å²) in [7, 11) is 1.32. The van der Waals surface area contributed by atoms with E-state index in [4.69, 9.17) is 4.74 Å². The summed E-state index contributed by atoms with van der Waals surface area (Å²) >= 11 is 0. The molecule has 1 amide bonds. The molecule has 0 bridgehead atoms. The molecule has 5 nitrogen and oxygen atoms in total. The van der Waals surface area contributed by atoms with E-state index in [1.807, 2.05) is 32.0 Å². The summed E-state index contributed by atoms with van der Waals surface area (Å²) in [5, 5.41) is 3.66. The van der Waals surface area contributed by atoms with Gasteiger partial charge >= 0.3 is 5.97 Å². The molecule has 116 valence electrons. The number of esters is 1. The van der Waals surface area contributed by atoms with E-state index in [2.05, 4.69) is 10.3 Å². The molecule has 1 heterocycles. The Morgan fingerprint density at radius 1 is 1.27 bits per heavy atom. The highest BCUT2D eigenvalue weighted by Gasteiger charge is 2.27. The number of hydrogen-bond donors (Lipinski definition) is 1. The van der Waals surface area contributed by atoms with E-state index in [9.17, 15) is 9.59 Å². The highest BCUT2D eigenvalue weighted by molar-refractivity contribution is 6.06. The Labute approximate surface area is 129 Å². The maximum Gasteiger partial charge on any atom is 0.328 e. The molecule has 0 radical (unpaired) electrons. The van der Waals surface area contributed by atoms with Crippen molar-refractivity contribution in [2.45, 2.75) is 26.3 Å². The molecule has 22 heavy (non-hydrogen) atoms. The molecule has 0 aliphatic rings. The zero-order valence-corrected chi connectivity index (χ0v) is 13.0. The van der Waals surface area contributed by atoms with Crippen LogP contribution in [0, 0.1) is 5.92 Å². The van der Waals surface area contributed by atoms with Crippen molar-refractivity contribution in [2.24, 2.45) is 5.92 Å². The molecule has 0 fully saturated rings. The number of para-hydroxylation sites is 1. The highest BCUT2D eigenvalue weighted by atomic mass is 16.5. The van der Waals surface area contributed by atoms with Crippen LogP contribution < -0.4 is 5.32 Å². The van der Waals surface area contributed by atoms with Crippen molar-refractivity contribution in [2.75, 3.05) is 7.11 Å². The van der Waals surface area contributed by atoms with Crippen LogP contribution in [0.3, 0.4) is 0 Å². The van der Waals surface area contributed by atoms with Gasteiger partial charge in [-0.05, 0) is 18.1 Å². The fraction of sp³-hybridized carbons (Fsp3) is 0.353. The second-order valence-electron chi connectivity index (χ2n) is 5.24. The second kappa shape index (κ2) is 7.02. The van der Waals surface area contributed by atoms with Crippen molar-refractivity contribution in [3.8, 4) is 0 Å². The van der Waals surface area contributed by atoms with Crippen LogP contribution in [0.5, 0.6) is 0 Å². The third kappa shape index (κ3) is 3.24. The topological polar surface area (TPSA) is 68.3 Å². The Morgan fingerprint density at radius 3 is 2.68 bits per heavy atom. The molecule has 2 aromatic rings. The monoisotopic (exact) mass is 300 g/mol. The number of ether oxygens (including phenoxy) is 1. The molecule has 2 atom stereocenters. The van der Waals surface area contributed by atoms with Gasteiger partial charge in [-0.1, -0.05) is 38.5 Å². The molecule has 0 saturated carbocycles. The van der Waals surface area contributed by atoms with E-state index in [0.717, 1.165) is 11.8 Å². The van der Waals surface area contributed by atoms with Crippen molar-refractivity contribution in [3.63, 3.8) is 0 Å². The third-order valence-corrected chi connectivity index (χ3v) is 3.83. The largest absolute Gasteiger partial charge is 0.467 e. The molecule has 1 N–H and O–H groups in total. The number of fused-ring (bicyclic) bond motifs is 1. The third-order valence-electron chi connectivity index (χ3n) is 3.83. The van der Waals surface area contributed by atoms with E-state index >= 15 is 0 Å². The zero-order valence-electron chi connectivity index (χ0n) is 13.0. The normalized spacial score (nSPS) is 13.4. The molecule has 0 unspecified atom stereocenters. The van der Waals surface area contributed by atoms with Gasteiger partial charge in [-0.25, -0.2) is 4.79 Å². The fourth-order valence-electron chi connectivity index (χ4n) is 2.30. The zero-order chi connectivity index (χ0) is 16.1. The number of aromatic nitrogens is 1. The SMILES string of the molecule is CC[C@H](C)[C@H](NC(=O)c1cccc2cccnc12)C(=O)OC. The summed E-state index contributed by atoms with van der Waals surface area (Å²) in [5.74, 6) is -0.768. The first-order valence-electron chi connectivity index (χ1n) is 7.31. The van der Waals surface area contributed by atoms with Gasteiger partial charge in [0.25, 0.3) is 5.91 Å². The Balaban J connectivity index is 2.31. The average Bonchev–Trinajstić information content (AvgIpc) is 2.57. The Morgan fingerprint density at radius 2 is 2.00 bits per heavy atom. The molecular formula is C17H20N2O3. The number of pyridine rings is 1. The fourth-order valence-corrected chi connectivity index (χ4v) is 2.30. The summed E-state index contributed by atoms with van der Waals surface area (Å²) in [6, 6.07) is 8.45. The van der Waals surface area contributed by atoms with E-state index in [1.165, 1.54) is 7.11 Å². The number of nitrogens with one attached hydrogen (secondary N) is 1. The van der Waals surface area contributed by atoms with Gasteiger partial charge in [-0.3, -0.25) is 9.78 Å². The van der Waals surface area contributed by atoms with Gasteiger partial charge in [0, 0.05) is 11.6 Å². The van der Waals surface area contributed by atoms with Crippen LogP contribution >= 0.6 is 0 Å². The molecule has 1 aromatic carbocycles. The minimum absolute atomic E-state index is 0.0145. The summed E-state index contributed by atoms with van der Waals surface area (Å²) in [6.45, 7) is 3.87. The average molecular weight is 300 g/mol. The number of carbonyl (C=O) groups excluding carboxylic acids is 2. The smallest absolute Gasteiger partial charge is 0.328 e. The van der Waals surface area contributed by atoms with Crippen molar-refractivity contribution in [1.82, 2.24) is 10.3 Å². The number of benzene rings is 1. The highest BCUT2D eigenvalue weighted by Crippen LogP contribution is 2.17. The van der Waals surface area contributed by atoms with Crippen LogP contribution in [0.4, 0.5) is 0 Å². The Kier molecular flexibility index (Phi) is 5.09. The van der Waals surface area contributed by atoms with Gasteiger partial charge in [0.05, 0.1) is 18.2 Å². The maximum atomic E-state index is 12.6. The number of nitrogens with zero attached hydrogens (tertiary/aromatic N) is 1. The van der Waals surface area contributed by atoms with Gasteiger partial charge in [0.2, 0.25) is 0 Å². The van der Waals surface area contributed by atoms with Crippen LogP contribution in [0.15, 0.2) is 36.5 Å². The Bertz CT molecular complexity index is 679. The molecule has 2 rings (SSSR count). The molecular weight excluding hydrogens is 280 g/mol. The van der Waals surface area contributed by atoms with Gasteiger partial charge in [0.1, 0.15) is 6.04 Å². The van der Waals surface area contributed by atoms with Crippen LogP contribution in [0.1, 0.15) is 30.6 Å². The van der Waals surface area contributed by atoms with Crippen molar-refractivity contribution in [1.29, 1.82) is 0 Å². The lowest BCUT2D eigenvalue weighted by Gasteiger charge is -2.22. The lowest BCUT2D eigenvalue weighted by atomic mass is 9.98. The van der Waals surface area contributed by atoms with Crippen molar-refractivity contribution < 1.29 is 14.3 Å². The summed E-state index contributed by atoms with van der Waals surface area (Å²) in [6.07, 6.45) is 2.40. The standard InChI is InChI=1S/C17H20N2O3/c1-4-11(2)14(17(21)22-3)19-16(20)13-9-5-7-12-8-6-10-18-15(12)13/h5-11,14H,4H2,1-3H3,(H,19,20)/t11-,14-/m0/s1. The summed E-state index contributed by atoms with van der Waals surface area (Å²) in [4.78, 5) is 28.7. The molecule has 0 spiro atoms. The number of methoxy groups -OCH3 is 1. The maximum absolute atomic E-state index is 12.6. The predicted octanol–water partition coefficient (Wildman–Crippen LogP) is 2.55. The number of amides is 1. The van der Waals surface area contributed by atoms with Gasteiger partial charge in [-0.15, -0.1) is 0 Å². The summed E-state index contributed by atoms with van der Waals surface area (Å²) in [5.41, 5.74) is 1.07. The lowest BCUT2D eigenvalue weighted by Crippen LogP contribution is -2.45.